The Labute approximate surface area is 192 Å². The van der Waals surface area contributed by atoms with E-state index in [0.717, 1.165) is 33.6 Å². The molecule has 0 atom stereocenters. The standard InChI is InChI=1S/C29H29GeNO/c1-19(2)26-17-22(15-23-18-27(32-29(23)26)20-9-7-6-8-10-20)28-25-12-11-24(30(3,4)5)16-21(25)13-14-31-28/h6-19H,1-5H3. The van der Waals surface area contributed by atoms with E-state index in [-0.39, 0.29) is 0 Å². The van der Waals surface area contributed by atoms with Crippen molar-refractivity contribution in [2.24, 2.45) is 0 Å². The first-order valence-electron chi connectivity index (χ1n) is 11.3. The molecule has 3 heteroatoms. The van der Waals surface area contributed by atoms with Gasteiger partial charge in [0.1, 0.15) is 0 Å². The molecule has 0 saturated heterocycles. The van der Waals surface area contributed by atoms with Crippen molar-refractivity contribution < 1.29 is 4.42 Å². The topological polar surface area (TPSA) is 26.0 Å². The molecule has 2 nitrogen and oxygen atoms in total. The summed E-state index contributed by atoms with van der Waals surface area (Å²) in [5, 5.41) is 3.62. The molecule has 3 aromatic carbocycles. The second-order valence-corrected chi connectivity index (χ2v) is 20.6. The van der Waals surface area contributed by atoms with Crippen LogP contribution in [0.4, 0.5) is 0 Å². The summed E-state index contributed by atoms with van der Waals surface area (Å²) in [7, 11) is 0. The van der Waals surface area contributed by atoms with Gasteiger partial charge in [0.15, 0.2) is 0 Å². The molecule has 0 amide bonds. The van der Waals surface area contributed by atoms with E-state index in [4.69, 9.17) is 9.40 Å². The Kier molecular flexibility index (Phi) is 5.21. The van der Waals surface area contributed by atoms with E-state index < -0.39 is 13.3 Å². The molecule has 0 N–H and O–H groups in total. The molecule has 0 aliphatic rings. The van der Waals surface area contributed by atoms with Crippen molar-refractivity contribution in [3.8, 4) is 22.6 Å². The maximum atomic E-state index is 6.36. The molecular weight excluding hydrogens is 451 g/mol. The minimum absolute atomic E-state index is 0.350. The van der Waals surface area contributed by atoms with Crippen LogP contribution in [0.25, 0.3) is 44.3 Å². The third-order valence-corrected chi connectivity index (χ3v) is 10.5. The Hall–Kier alpha value is -2.85. The first kappa shape index (κ1) is 21.0. The fraction of sp³-hybridized carbons (Fsp3) is 0.207. The van der Waals surface area contributed by atoms with Gasteiger partial charge in [0.05, 0.1) is 0 Å². The van der Waals surface area contributed by atoms with Gasteiger partial charge in [0.2, 0.25) is 0 Å². The number of hydrogen-bond acceptors (Lipinski definition) is 2. The zero-order chi connectivity index (χ0) is 22.5. The minimum atomic E-state index is -1.89. The summed E-state index contributed by atoms with van der Waals surface area (Å²) < 4.78 is 7.89. The Balaban J connectivity index is 1.71. The average molecular weight is 480 g/mol. The average Bonchev–Trinajstić information content (AvgIpc) is 3.21. The van der Waals surface area contributed by atoms with Gasteiger partial charge in [-0.15, -0.1) is 0 Å². The Morgan fingerprint density at radius 2 is 1.56 bits per heavy atom. The number of nitrogens with zero attached hydrogens (tertiary/aromatic N) is 1. The number of furan rings is 1. The second kappa shape index (κ2) is 7.93. The zero-order valence-corrected chi connectivity index (χ0v) is 21.5. The van der Waals surface area contributed by atoms with Gasteiger partial charge in [-0.25, -0.2) is 0 Å². The van der Waals surface area contributed by atoms with Crippen LogP contribution in [0.5, 0.6) is 0 Å². The van der Waals surface area contributed by atoms with E-state index in [0.29, 0.717) is 5.92 Å². The molecule has 0 bridgehead atoms. The number of aromatic nitrogens is 1. The fourth-order valence-electron chi connectivity index (χ4n) is 4.36. The van der Waals surface area contributed by atoms with Crippen LogP contribution in [0.15, 0.2) is 83.4 Å². The van der Waals surface area contributed by atoms with Crippen molar-refractivity contribution >= 4 is 39.4 Å². The molecule has 2 heterocycles. The van der Waals surface area contributed by atoms with Crippen LogP contribution < -0.4 is 4.40 Å². The molecule has 0 radical (unpaired) electrons. The molecule has 5 rings (SSSR count). The van der Waals surface area contributed by atoms with Crippen LogP contribution in [-0.4, -0.2) is 18.3 Å². The number of hydrogen-bond donors (Lipinski definition) is 0. The summed E-state index contributed by atoms with van der Waals surface area (Å²) in [6, 6.07) is 26.1. The molecule has 0 spiro atoms. The molecule has 160 valence electrons. The predicted molar refractivity (Wildman–Crippen MR) is 139 cm³/mol. The fourth-order valence-corrected chi connectivity index (χ4v) is 6.82. The first-order valence-corrected chi connectivity index (χ1v) is 18.7. The Morgan fingerprint density at radius 3 is 2.28 bits per heavy atom. The molecule has 2 aromatic heterocycles. The number of benzene rings is 3. The van der Waals surface area contributed by atoms with Crippen LogP contribution in [0.2, 0.25) is 17.3 Å². The van der Waals surface area contributed by atoms with E-state index >= 15 is 0 Å². The number of pyridine rings is 1. The molecule has 5 aromatic rings. The summed E-state index contributed by atoms with van der Waals surface area (Å²) in [6.07, 6.45) is 1.95. The van der Waals surface area contributed by atoms with Crippen molar-refractivity contribution in [1.82, 2.24) is 4.98 Å². The van der Waals surface area contributed by atoms with Crippen molar-refractivity contribution in [3.05, 3.63) is 84.6 Å². The normalized spacial score (nSPS) is 12.2. The molecule has 0 saturated carbocycles. The van der Waals surface area contributed by atoms with E-state index in [2.05, 4.69) is 85.7 Å². The Bertz CT molecular complexity index is 1420. The van der Waals surface area contributed by atoms with Crippen molar-refractivity contribution in [2.75, 3.05) is 0 Å². The van der Waals surface area contributed by atoms with Gasteiger partial charge in [-0.2, -0.15) is 0 Å². The van der Waals surface area contributed by atoms with Gasteiger partial charge in [-0.3, -0.25) is 0 Å². The summed E-state index contributed by atoms with van der Waals surface area (Å²) >= 11 is -1.89. The van der Waals surface area contributed by atoms with Gasteiger partial charge < -0.3 is 0 Å². The summed E-state index contributed by atoms with van der Waals surface area (Å²) in [5.41, 5.74) is 5.49. The number of fused-ring (bicyclic) bond motifs is 2. The van der Waals surface area contributed by atoms with Gasteiger partial charge >= 0.3 is 175 Å². The van der Waals surface area contributed by atoms with Crippen molar-refractivity contribution in [2.45, 2.75) is 37.0 Å². The van der Waals surface area contributed by atoms with Gasteiger partial charge in [0, 0.05) is 0 Å². The third-order valence-electron chi connectivity index (χ3n) is 6.23. The molecule has 0 aliphatic heterocycles. The monoisotopic (exact) mass is 481 g/mol. The van der Waals surface area contributed by atoms with E-state index in [1.165, 1.54) is 20.7 Å². The van der Waals surface area contributed by atoms with Gasteiger partial charge in [0.25, 0.3) is 0 Å². The van der Waals surface area contributed by atoms with Crippen molar-refractivity contribution in [1.29, 1.82) is 0 Å². The molecule has 0 fully saturated rings. The zero-order valence-electron chi connectivity index (χ0n) is 19.4. The maximum absolute atomic E-state index is 6.36. The molecule has 32 heavy (non-hydrogen) atoms. The molecule has 0 aliphatic carbocycles. The molecular formula is C29H29GeNO. The first-order chi connectivity index (χ1) is 15.3. The van der Waals surface area contributed by atoms with Crippen molar-refractivity contribution in [3.63, 3.8) is 0 Å². The van der Waals surface area contributed by atoms with Crippen LogP contribution in [0.3, 0.4) is 0 Å². The molecule has 0 unspecified atom stereocenters. The van der Waals surface area contributed by atoms with Crippen LogP contribution in [0.1, 0.15) is 25.3 Å². The van der Waals surface area contributed by atoms with E-state index in [1.54, 1.807) is 0 Å². The van der Waals surface area contributed by atoms with E-state index in [1.807, 2.05) is 24.4 Å². The van der Waals surface area contributed by atoms with Gasteiger partial charge in [-0.1, -0.05) is 18.2 Å². The van der Waals surface area contributed by atoms with Crippen LogP contribution >= 0.6 is 0 Å². The second-order valence-electron chi connectivity index (χ2n) is 9.96. The summed E-state index contributed by atoms with van der Waals surface area (Å²) in [5.74, 6) is 8.58. The Morgan fingerprint density at radius 1 is 0.781 bits per heavy atom. The van der Waals surface area contributed by atoms with Gasteiger partial charge in [-0.05, 0) is 0 Å². The van der Waals surface area contributed by atoms with E-state index in [9.17, 15) is 0 Å². The third kappa shape index (κ3) is 3.77. The summed E-state index contributed by atoms with van der Waals surface area (Å²) in [6.45, 7) is 4.45. The predicted octanol–water partition coefficient (Wildman–Crippen LogP) is 7.98. The quantitative estimate of drug-likeness (QED) is 0.244. The van der Waals surface area contributed by atoms with Crippen LogP contribution in [-0.2, 0) is 0 Å². The SMILES string of the molecule is CC(C)c1cc(-c2nccc3c[c]([Ge]([CH3])([CH3])[CH3])ccc23)cc2cc(-c3ccccc3)oc12. The van der Waals surface area contributed by atoms with Crippen LogP contribution in [0, 0.1) is 0 Å². The number of rotatable bonds is 4. The summed E-state index contributed by atoms with van der Waals surface area (Å²) in [4.78, 5) is 4.83.